The van der Waals surface area contributed by atoms with Crippen molar-refractivity contribution < 1.29 is 9.90 Å². The van der Waals surface area contributed by atoms with E-state index in [0.29, 0.717) is 11.4 Å². The first-order chi connectivity index (χ1) is 9.02. The molecule has 1 aromatic carbocycles. The molecule has 2 rings (SSSR count). The number of aromatic hydroxyl groups is 1. The fourth-order valence-electron chi connectivity index (χ4n) is 1.91. The molecule has 0 aliphatic rings. The minimum Gasteiger partial charge on any atom is -0.508 e. The predicted octanol–water partition coefficient (Wildman–Crippen LogP) is 3.25. The van der Waals surface area contributed by atoms with Gasteiger partial charge in [-0.1, -0.05) is 6.07 Å². The Balaban J connectivity index is 2.33. The van der Waals surface area contributed by atoms with Crippen molar-refractivity contribution in [3.63, 3.8) is 0 Å². The molecule has 1 N–H and O–H groups in total. The number of anilines is 1. The zero-order valence-electron chi connectivity index (χ0n) is 10.8. The lowest BCUT2D eigenvalue weighted by Crippen LogP contribution is -2.28. The van der Waals surface area contributed by atoms with E-state index in [1.807, 2.05) is 17.7 Å². The lowest BCUT2D eigenvalue weighted by molar-refractivity contribution is 0.0984. The first kappa shape index (κ1) is 13.7. The average molecular weight is 323 g/mol. The zero-order valence-corrected chi connectivity index (χ0v) is 12.4. The molecular formula is C14H15BrN2O2. The first-order valence-corrected chi connectivity index (χ1v) is 6.75. The maximum Gasteiger partial charge on any atom is 0.274 e. The summed E-state index contributed by atoms with van der Waals surface area (Å²) in [6, 6.07) is 8.43. The van der Waals surface area contributed by atoms with Gasteiger partial charge in [0.1, 0.15) is 11.4 Å². The fraction of sp³-hybridized carbons (Fsp3) is 0.214. The first-order valence-electron chi connectivity index (χ1n) is 5.95. The van der Waals surface area contributed by atoms with Crippen molar-refractivity contribution >= 4 is 27.5 Å². The SMILES string of the molecule is CCn1cc(Br)cc1C(=O)N(C)c1cccc(O)c1. The minimum absolute atomic E-state index is 0.113. The van der Waals surface area contributed by atoms with E-state index < -0.39 is 0 Å². The molecule has 0 saturated carbocycles. The standard InChI is InChI=1S/C14H15BrN2O2/c1-3-17-9-10(15)7-13(17)14(19)16(2)11-5-4-6-12(18)8-11/h4-9,18H,3H2,1-2H3. The second-order valence-corrected chi connectivity index (χ2v) is 5.13. The van der Waals surface area contributed by atoms with Crippen molar-refractivity contribution in [2.24, 2.45) is 0 Å². The topological polar surface area (TPSA) is 45.5 Å². The number of phenols is 1. The van der Waals surface area contributed by atoms with Crippen molar-refractivity contribution in [2.45, 2.75) is 13.5 Å². The van der Waals surface area contributed by atoms with Gasteiger partial charge in [0.25, 0.3) is 5.91 Å². The maximum absolute atomic E-state index is 12.5. The van der Waals surface area contributed by atoms with Crippen LogP contribution in [0.3, 0.4) is 0 Å². The average Bonchev–Trinajstić information content (AvgIpc) is 2.78. The fourth-order valence-corrected chi connectivity index (χ4v) is 2.37. The molecule has 1 amide bonds. The van der Waals surface area contributed by atoms with E-state index in [2.05, 4.69) is 15.9 Å². The number of aromatic nitrogens is 1. The number of nitrogens with zero attached hydrogens (tertiary/aromatic N) is 2. The van der Waals surface area contributed by atoms with Crippen molar-refractivity contribution in [1.29, 1.82) is 0 Å². The van der Waals surface area contributed by atoms with E-state index in [0.717, 1.165) is 11.0 Å². The Morgan fingerprint density at radius 2 is 2.16 bits per heavy atom. The number of carbonyl (C=O) groups is 1. The number of amides is 1. The summed E-state index contributed by atoms with van der Waals surface area (Å²) in [4.78, 5) is 14.0. The second kappa shape index (κ2) is 5.48. The summed E-state index contributed by atoms with van der Waals surface area (Å²) < 4.78 is 2.76. The van der Waals surface area contributed by atoms with Crippen molar-refractivity contribution in [3.8, 4) is 5.75 Å². The molecule has 0 aliphatic carbocycles. The molecular weight excluding hydrogens is 308 g/mol. The molecule has 19 heavy (non-hydrogen) atoms. The van der Waals surface area contributed by atoms with Gasteiger partial charge in [-0.25, -0.2) is 0 Å². The highest BCUT2D eigenvalue weighted by molar-refractivity contribution is 9.10. The van der Waals surface area contributed by atoms with Crippen LogP contribution in [0.2, 0.25) is 0 Å². The quantitative estimate of drug-likeness (QED) is 0.942. The largest absolute Gasteiger partial charge is 0.508 e. The summed E-state index contributed by atoms with van der Waals surface area (Å²) in [6.07, 6.45) is 1.88. The van der Waals surface area contributed by atoms with Crippen LogP contribution >= 0.6 is 15.9 Å². The van der Waals surface area contributed by atoms with Crippen LogP contribution in [0.1, 0.15) is 17.4 Å². The van der Waals surface area contributed by atoms with Crippen LogP contribution in [0.25, 0.3) is 0 Å². The molecule has 0 atom stereocenters. The van der Waals surface area contributed by atoms with Gasteiger partial charge in [0.05, 0.1) is 0 Å². The van der Waals surface area contributed by atoms with Gasteiger partial charge in [-0.15, -0.1) is 0 Å². The molecule has 100 valence electrons. The molecule has 0 saturated heterocycles. The number of rotatable bonds is 3. The van der Waals surface area contributed by atoms with Crippen molar-refractivity contribution in [3.05, 3.63) is 46.7 Å². The van der Waals surface area contributed by atoms with Crippen LogP contribution in [-0.4, -0.2) is 22.6 Å². The van der Waals surface area contributed by atoms with Crippen LogP contribution in [0, 0.1) is 0 Å². The lowest BCUT2D eigenvalue weighted by Gasteiger charge is -2.18. The summed E-state index contributed by atoms with van der Waals surface area (Å²) in [7, 11) is 1.69. The Labute approximate surface area is 120 Å². The van der Waals surface area contributed by atoms with Gasteiger partial charge in [0, 0.05) is 36.0 Å². The van der Waals surface area contributed by atoms with E-state index in [4.69, 9.17) is 0 Å². The Kier molecular flexibility index (Phi) is 3.95. The molecule has 4 nitrogen and oxygen atoms in total. The minimum atomic E-state index is -0.113. The lowest BCUT2D eigenvalue weighted by atomic mass is 10.2. The third-order valence-electron chi connectivity index (χ3n) is 2.94. The Bertz CT molecular complexity index is 607. The smallest absolute Gasteiger partial charge is 0.274 e. The summed E-state index contributed by atoms with van der Waals surface area (Å²) in [5, 5.41) is 9.47. The van der Waals surface area contributed by atoms with Gasteiger partial charge in [-0.3, -0.25) is 4.79 Å². The second-order valence-electron chi connectivity index (χ2n) is 4.21. The van der Waals surface area contributed by atoms with Gasteiger partial charge >= 0.3 is 0 Å². The highest BCUT2D eigenvalue weighted by Gasteiger charge is 2.18. The van der Waals surface area contributed by atoms with Crippen molar-refractivity contribution in [2.75, 3.05) is 11.9 Å². The summed E-state index contributed by atoms with van der Waals surface area (Å²) in [5.41, 5.74) is 1.27. The molecule has 0 unspecified atom stereocenters. The normalized spacial score (nSPS) is 10.5. The van der Waals surface area contributed by atoms with E-state index in [1.165, 1.54) is 4.90 Å². The number of carbonyl (C=O) groups excluding carboxylic acids is 1. The van der Waals surface area contributed by atoms with Gasteiger partial charge in [-0.05, 0) is 41.1 Å². The Morgan fingerprint density at radius 3 is 2.79 bits per heavy atom. The Hall–Kier alpha value is -1.75. The number of benzene rings is 1. The molecule has 2 aromatic rings. The monoisotopic (exact) mass is 322 g/mol. The number of phenolic OH excluding ortho intramolecular Hbond substituents is 1. The van der Waals surface area contributed by atoms with Gasteiger partial charge in [0.15, 0.2) is 0 Å². The summed E-state index contributed by atoms with van der Waals surface area (Å²) in [5.74, 6) is 0.0300. The van der Waals surface area contributed by atoms with Crippen LogP contribution in [0.4, 0.5) is 5.69 Å². The molecule has 0 bridgehead atoms. The maximum atomic E-state index is 12.5. The predicted molar refractivity (Wildman–Crippen MR) is 78.6 cm³/mol. The molecule has 0 aliphatic heterocycles. The van der Waals surface area contributed by atoms with Gasteiger partial charge < -0.3 is 14.6 Å². The highest BCUT2D eigenvalue weighted by Crippen LogP contribution is 2.22. The number of halogens is 1. The molecule has 5 heteroatoms. The molecule has 1 heterocycles. The molecule has 0 fully saturated rings. The van der Waals surface area contributed by atoms with E-state index in [-0.39, 0.29) is 11.7 Å². The van der Waals surface area contributed by atoms with Crippen LogP contribution in [0.5, 0.6) is 5.75 Å². The third-order valence-corrected chi connectivity index (χ3v) is 3.38. The highest BCUT2D eigenvalue weighted by atomic mass is 79.9. The number of hydrogen-bond donors (Lipinski definition) is 1. The van der Waals surface area contributed by atoms with Crippen LogP contribution in [-0.2, 0) is 6.54 Å². The molecule has 0 radical (unpaired) electrons. The van der Waals surface area contributed by atoms with Gasteiger partial charge in [0.2, 0.25) is 0 Å². The van der Waals surface area contributed by atoms with Crippen LogP contribution in [0.15, 0.2) is 41.0 Å². The van der Waals surface area contributed by atoms with Crippen LogP contribution < -0.4 is 4.90 Å². The Morgan fingerprint density at radius 1 is 1.42 bits per heavy atom. The third kappa shape index (κ3) is 2.81. The molecule has 1 aromatic heterocycles. The van der Waals surface area contributed by atoms with Crippen molar-refractivity contribution in [1.82, 2.24) is 4.57 Å². The van der Waals surface area contributed by atoms with E-state index >= 15 is 0 Å². The number of hydrogen-bond acceptors (Lipinski definition) is 2. The molecule has 0 spiro atoms. The van der Waals surface area contributed by atoms with E-state index in [9.17, 15) is 9.90 Å². The van der Waals surface area contributed by atoms with Gasteiger partial charge in [-0.2, -0.15) is 0 Å². The summed E-state index contributed by atoms with van der Waals surface area (Å²) >= 11 is 3.38. The number of aryl methyl sites for hydroxylation is 1. The van der Waals surface area contributed by atoms with E-state index in [1.54, 1.807) is 37.4 Å². The zero-order chi connectivity index (χ0) is 14.0. The summed E-state index contributed by atoms with van der Waals surface area (Å²) in [6.45, 7) is 2.71.